The van der Waals surface area contributed by atoms with Crippen molar-refractivity contribution < 1.29 is 22.3 Å². The van der Waals surface area contributed by atoms with Gasteiger partial charge in [0.2, 0.25) is 21.1 Å². The zero-order valence-corrected chi connectivity index (χ0v) is 20.6. The first-order valence-corrected chi connectivity index (χ1v) is 13.1. The molecule has 1 unspecified atom stereocenters. The Kier molecular flexibility index (Phi) is 6.03. The molecular formula is C23H22FN5O4S2. The van der Waals surface area contributed by atoms with Gasteiger partial charge in [-0.25, -0.2) is 17.8 Å². The third-order valence-corrected chi connectivity index (χ3v) is 8.71. The summed E-state index contributed by atoms with van der Waals surface area (Å²) in [6.07, 6.45) is 0.948. The fourth-order valence-corrected chi connectivity index (χ4v) is 6.71. The highest BCUT2D eigenvalue weighted by molar-refractivity contribution is 7.89. The zero-order chi connectivity index (χ0) is 24.7. The number of ether oxygens (including phenoxy) is 1. The van der Waals surface area contributed by atoms with Gasteiger partial charge in [-0.3, -0.25) is 4.79 Å². The van der Waals surface area contributed by atoms with Crippen LogP contribution in [0.15, 0.2) is 53.4 Å². The number of anilines is 1. The number of hydrogen-bond acceptors (Lipinski definition) is 7. The van der Waals surface area contributed by atoms with E-state index < -0.39 is 27.8 Å². The number of thiazole rings is 1. The van der Waals surface area contributed by atoms with E-state index in [4.69, 9.17) is 4.74 Å². The average Bonchev–Trinajstić information content (AvgIpc) is 3.58. The van der Waals surface area contributed by atoms with Gasteiger partial charge in [0.05, 0.1) is 22.4 Å². The molecular weight excluding hydrogens is 493 g/mol. The van der Waals surface area contributed by atoms with E-state index in [0.29, 0.717) is 39.9 Å². The molecule has 1 aliphatic rings. The SMILES string of the molecule is COc1ccc(S(=O)(=O)N2CCCC2C(=O)Nc2cc(C)nn2-c2nc3c(F)cccc3s2)cc1. The topological polar surface area (TPSA) is 106 Å². The first kappa shape index (κ1) is 23.4. The molecule has 1 saturated heterocycles. The molecule has 182 valence electrons. The number of nitrogens with one attached hydrogen (secondary N) is 1. The molecule has 1 N–H and O–H groups in total. The molecule has 9 nitrogen and oxygen atoms in total. The van der Waals surface area contributed by atoms with Crippen LogP contribution in [0.3, 0.4) is 0 Å². The van der Waals surface area contributed by atoms with Crippen LogP contribution in [-0.4, -0.2) is 53.1 Å². The van der Waals surface area contributed by atoms with E-state index in [1.165, 1.54) is 45.6 Å². The maximum atomic E-state index is 14.1. The number of carbonyl (C=O) groups is 1. The lowest BCUT2D eigenvalue weighted by Gasteiger charge is -2.23. The van der Waals surface area contributed by atoms with Crippen molar-refractivity contribution in [3.8, 4) is 10.9 Å². The van der Waals surface area contributed by atoms with Crippen LogP contribution in [0.4, 0.5) is 10.2 Å². The number of halogens is 1. The minimum absolute atomic E-state index is 0.0930. The largest absolute Gasteiger partial charge is 0.497 e. The predicted octanol–water partition coefficient (Wildman–Crippen LogP) is 3.73. The van der Waals surface area contributed by atoms with Crippen molar-refractivity contribution in [2.24, 2.45) is 0 Å². The van der Waals surface area contributed by atoms with E-state index in [-0.39, 0.29) is 17.0 Å². The van der Waals surface area contributed by atoms with Crippen LogP contribution in [0.1, 0.15) is 18.5 Å². The Balaban J connectivity index is 1.42. The van der Waals surface area contributed by atoms with E-state index in [0.717, 1.165) is 0 Å². The maximum absolute atomic E-state index is 14.1. The minimum Gasteiger partial charge on any atom is -0.497 e. The van der Waals surface area contributed by atoms with Crippen molar-refractivity contribution >= 4 is 43.3 Å². The van der Waals surface area contributed by atoms with Gasteiger partial charge in [-0.1, -0.05) is 17.4 Å². The van der Waals surface area contributed by atoms with Crippen molar-refractivity contribution in [3.63, 3.8) is 0 Å². The number of methoxy groups -OCH3 is 1. The number of hydrogen-bond donors (Lipinski definition) is 1. The van der Waals surface area contributed by atoms with Gasteiger partial charge in [0, 0.05) is 12.6 Å². The number of nitrogens with zero attached hydrogens (tertiary/aromatic N) is 4. The second-order valence-electron chi connectivity index (χ2n) is 8.10. The highest BCUT2D eigenvalue weighted by atomic mass is 32.2. The quantitative estimate of drug-likeness (QED) is 0.419. The summed E-state index contributed by atoms with van der Waals surface area (Å²) in [5.74, 6) is -0.0310. The smallest absolute Gasteiger partial charge is 0.243 e. The Labute approximate surface area is 205 Å². The van der Waals surface area contributed by atoms with Crippen LogP contribution < -0.4 is 10.1 Å². The van der Waals surface area contributed by atoms with E-state index >= 15 is 0 Å². The monoisotopic (exact) mass is 515 g/mol. The van der Waals surface area contributed by atoms with E-state index in [2.05, 4.69) is 15.4 Å². The summed E-state index contributed by atoms with van der Waals surface area (Å²) in [4.78, 5) is 17.7. The van der Waals surface area contributed by atoms with Crippen LogP contribution in [0.2, 0.25) is 0 Å². The number of fused-ring (bicyclic) bond motifs is 1. The summed E-state index contributed by atoms with van der Waals surface area (Å²) < 4.78 is 49.1. The average molecular weight is 516 g/mol. The summed E-state index contributed by atoms with van der Waals surface area (Å²) in [5, 5.41) is 7.60. The molecule has 0 radical (unpaired) electrons. The van der Waals surface area contributed by atoms with Crippen LogP contribution in [0, 0.1) is 12.7 Å². The second kappa shape index (κ2) is 9.02. The summed E-state index contributed by atoms with van der Waals surface area (Å²) in [6.45, 7) is 2.00. The van der Waals surface area contributed by atoms with Crippen molar-refractivity contribution in [1.29, 1.82) is 0 Å². The summed E-state index contributed by atoms with van der Waals surface area (Å²) in [7, 11) is -2.39. The van der Waals surface area contributed by atoms with Crippen LogP contribution in [-0.2, 0) is 14.8 Å². The number of aryl methyl sites for hydroxylation is 1. The second-order valence-corrected chi connectivity index (χ2v) is 11.0. The number of para-hydroxylation sites is 1. The Morgan fingerprint density at radius 2 is 2.00 bits per heavy atom. The Hall–Kier alpha value is -3.35. The van der Waals surface area contributed by atoms with Gasteiger partial charge in [0.25, 0.3) is 0 Å². The molecule has 0 saturated carbocycles. The van der Waals surface area contributed by atoms with Gasteiger partial charge in [0.1, 0.15) is 28.9 Å². The summed E-state index contributed by atoms with van der Waals surface area (Å²) in [6, 6.07) is 11.6. The Morgan fingerprint density at radius 1 is 1.23 bits per heavy atom. The van der Waals surface area contributed by atoms with Gasteiger partial charge in [0.15, 0.2) is 0 Å². The fourth-order valence-electron chi connectivity index (χ4n) is 4.11. The number of sulfonamides is 1. The number of rotatable bonds is 6. The maximum Gasteiger partial charge on any atom is 0.243 e. The zero-order valence-electron chi connectivity index (χ0n) is 18.9. The van der Waals surface area contributed by atoms with E-state index in [1.807, 2.05) is 0 Å². The van der Waals surface area contributed by atoms with Crippen molar-refractivity contribution in [1.82, 2.24) is 19.1 Å². The molecule has 2 aromatic carbocycles. The first-order valence-electron chi connectivity index (χ1n) is 10.9. The normalized spacial score (nSPS) is 16.6. The van der Waals surface area contributed by atoms with Crippen molar-refractivity contribution in [2.45, 2.75) is 30.7 Å². The Bertz CT molecular complexity index is 1510. The molecule has 12 heteroatoms. The molecule has 0 bridgehead atoms. The van der Waals surface area contributed by atoms with Gasteiger partial charge in [-0.15, -0.1) is 0 Å². The third kappa shape index (κ3) is 4.28. The number of benzene rings is 2. The van der Waals surface area contributed by atoms with Crippen LogP contribution in [0.5, 0.6) is 5.75 Å². The lowest BCUT2D eigenvalue weighted by molar-refractivity contribution is -0.119. The lowest BCUT2D eigenvalue weighted by atomic mass is 10.2. The van der Waals surface area contributed by atoms with Crippen LogP contribution in [0.25, 0.3) is 15.3 Å². The summed E-state index contributed by atoms with van der Waals surface area (Å²) in [5.41, 5.74) is 0.847. The first-order chi connectivity index (χ1) is 16.8. The van der Waals surface area contributed by atoms with Gasteiger partial charge >= 0.3 is 0 Å². The van der Waals surface area contributed by atoms with Gasteiger partial charge in [-0.05, 0) is 56.2 Å². The molecule has 5 rings (SSSR count). The van der Waals surface area contributed by atoms with Gasteiger partial charge in [-0.2, -0.15) is 14.1 Å². The molecule has 3 heterocycles. The highest BCUT2D eigenvalue weighted by Gasteiger charge is 2.39. The Morgan fingerprint density at radius 3 is 2.71 bits per heavy atom. The van der Waals surface area contributed by atoms with E-state index in [9.17, 15) is 17.6 Å². The highest BCUT2D eigenvalue weighted by Crippen LogP contribution is 2.31. The molecule has 1 atom stereocenters. The molecule has 0 aliphatic carbocycles. The number of carbonyl (C=O) groups excluding carboxylic acids is 1. The van der Waals surface area contributed by atoms with Gasteiger partial charge < -0.3 is 10.1 Å². The van der Waals surface area contributed by atoms with Crippen molar-refractivity contribution in [3.05, 3.63) is 60.0 Å². The molecule has 1 fully saturated rings. The molecule has 0 spiro atoms. The minimum atomic E-state index is -3.89. The molecule has 1 amide bonds. The molecule has 1 aliphatic heterocycles. The lowest BCUT2D eigenvalue weighted by Crippen LogP contribution is -2.43. The third-order valence-electron chi connectivity index (χ3n) is 5.79. The molecule has 4 aromatic rings. The van der Waals surface area contributed by atoms with Crippen molar-refractivity contribution in [2.75, 3.05) is 19.0 Å². The number of aromatic nitrogens is 3. The molecule has 35 heavy (non-hydrogen) atoms. The molecule has 2 aromatic heterocycles. The predicted molar refractivity (Wildman–Crippen MR) is 130 cm³/mol. The fraction of sp³-hybridized carbons (Fsp3) is 0.261. The summed E-state index contributed by atoms with van der Waals surface area (Å²) >= 11 is 1.24. The number of amides is 1. The van der Waals surface area contributed by atoms with E-state index in [1.54, 1.807) is 37.3 Å². The van der Waals surface area contributed by atoms with Crippen LogP contribution >= 0.6 is 11.3 Å². The standard InChI is InChI=1S/C23H22FN5O4S2/c1-14-13-20(29(27-14)23-26-21-17(24)5-3-7-19(21)34-23)25-22(30)18-6-4-12-28(18)35(31,32)16-10-8-15(33-2)9-11-16/h3,5,7-11,13,18H,4,6,12H2,1-2H3,(H,25,30).